The van der Waals surface area contributed by atoms with Crippen LogP contribution in [-0.4, -0.2) is 16.8 Å². The Morgan fingerprint density at radius 3 is 2.63 bits per heavy atom. The maximum atomic E-state index is 13.0. The molecule has 1 aromatic carbocycles. The van der Waals surface area contributed by atoms with Gasteiger partial charge in [0.15, 0.2) is 0 Å². The Balaban J connectivity index is 1.68. The molecule has 2 atom stereocenters. The average Bonchev–Trinajstić information content (AvgIpc) is 3.31. The first-order valence-electron chi connectivity index (χ1n) is 8.77. The average molecular weight is 377 g/mol. The zero-order valence-corrected chi connectivity index (χ0v) is 15.6. The Labute approximate surface area is 161 Å². The highest BCUT2D eigenvalue weighted by Crippen LogP contribution is 2.43. The number of pyridine rings is 1. The van der Waals surface area contributed by atoms with Crippen molar-refractivity contribution in [2.45, 2.75) is 19.4 Å². The summed E-state index contributed by atoms with van der Waals surface area (Å²) in [6.45, 7) is 2.01. The van der Waals surface area contributed by atoms with Crippen molar-refractivity contribution in [3.8, 4) is 0 Å². The third-order valence-corrected chi connectivity index (χ3v) is 5.67. The van der Waals surface area contributed by atoms with E-state index in [0.717, 1.165) is 16.1 Å². The Kier molecular flexibility index (Phi) is 4.73. The summed E-state index contributed by atoms with van der Waals surface area (Å²) in [4.78, 5) is 32.8. The van der Waals surface area contributed by atoms with Crippen LogP contribution in [0.3, 0.4) is 0 Å². The van der Waals surface area contributed by atoms with E-state index in [-0.39, 0.29) is 24.3 Å². The normalized spacial score (nSPS) is 19.3. The standard InChI is InChI=1S/C21H19N3O2S/c1-14-7-9-15(10-8-14)24-19(25)13-16(20(24)17-5-4-12-27-17)21(26)23-18-6-2-3-11-22-18/h2-12,16,20H,13H2,1H3,(H,22,23,26)/t16-,20+/m0/s1. The van der Waals surface area contributed by atoms with E-state index in [4.69, 9.17) is 0 Å². The van der Waals surface area contributed by atoms with Crippen molar-refractivity contribution in [1.29, 1.82) is 0 Å². The number of aromatic nitrogens is 1. The number of carbonyl (C=O) groups is 2. The number of benzene rings is 1. The Morgan fingerprint density at radius 1 is 1.15 bits per heavy atom. The fraction of sp³-hybridized carbons (Fsp3) is 0.190. The number of anilines is 2. The first-order chi connectivity index (χ1) is 13.1. The molecule has 136 valence electrons. The number of carbonyl (C=O) groups excluding carboxylic acids is 2. The van der Waals surface area contributed by atoms with Gasteiger partial charge in [0, 0.05) is 23.2 Å². The predicted octanol–water partition coefficient (Wildman–Crippen LogP) is 4.18. The van der Waals surface area contributed by atoms with Crippen molar-refractivity contribution in [3.05, 3.63) is 76.6 Å². The highest BCUT2D eigenvalue weighted by atomic mass is 32.1. The molecule has 1 aliphatic rings. The molecule has 3 heterocycles. The second-order valence-corrected chi connectivity index (χ2v) is 7.55. The monoisotopic (exact) mass is 377 g/mol. The zero-order chi connectivity index (χ0) is 18.8. The second kappa shape index (κ2) is 7.32. The van der Waals surface area contributed by atoms with Crippen LogP contribution in [0.5, 0.6) is 0 Å². The molecule has 5 nitrogen and oxygen atoms in total. The lowest BCUT2D eigenvalue weighted by Gasteiger charge is -2.27. The number of amides is 2. The molecule has 1 N–H and O–H groups in total. The maximum Gasteiger partial charge on any atom is 0.231 e. The van der Waals surface area contributed by atoms with E-state index in [1.54, 1.807) is 34.6 Å². The minimum absolute atomic E-state index is 0.0431. The van der Waals surface area contributed by atoms with E-state index in [1.165, 1.54) is 0 Å². The number of aryl methyl sites for hydroxylation is 1. The summed E-state index contributed by atoms with van der Waals surface area (Å²) in [6, 6.07) is 16.8. The van der Waals surface area contributed by atoms with Gasteiger partial charge >= 0.3 is 0 Å². The predicted molar refractivity (Wildman–Crippen MR) is 107 cm³/mol. The minimum atomic E-state index is -0.473. The van der Waals surface area contributed by atoms with E-state index in [1.807, 2.05) is 54.8 Å². The van der Waals surface area contributed by atoms with Gasteiger partial charge < -0.3 is 10.2 Å². The van der Waals surface area contributed by atoms with Gasteiger partial charge in [0.25, 0.3) is 0 Å². The summed E-state index contributed by atoms with van der Waals surface area (Å²) in [5.74, 6) is -0.207. The number of nitrogens with one attached hydrogen (secondary N) is 1. The third-order valence-electron chi connectivity index (χ3n) is 4.72. The van der Waals surface area contributed by atoms with E-state index in [0.29, 0.717) is 5.82 Å². The molecule has 1 fully saturated rings. The molecular weight excluding hydrogens is 358 g/mol. The highest BCUT2D eigenvalue weighted by molar-refractivity contribution is 7.10. The second-order valence-electron chi connectivity index (χ2n) is 6.57. The van der Waals surface area contributed by atoms with Crippen LogP contribution in [0.1, 0.15) is 22.9 Å². The molecule has 6 heteroatoms. The van der Waals surface area contributed by atoms with Gasteiger partial charge in [0.05, 0.1) is 12.0 Å². The lowest BCUT2D eigenvalue weighted by Crippen LogP contribution is -2.32. The summed E-state index contributed by atoms with van der Waals surface area (Å²) in [5, 5.41) is 4.82. The molecule has 3 aromatic rings. The van der Waals surface area contributed by atoms with Crippen LogP contribution in [0, 0.1) is 12.8 Å². The summed E-state index contributed by atoms with van der Waals surface area (Å²) < 4.78 is 0. The molecule has 0 bridgehead atoms. The molecular formula is C21H19N3O2S. The van der Waals surface area contributed by atoms with Crippen molar-refractivity contribution in [2.75, 3.05) is 10.2 Å². The highest BCUT2D eigenvalue weighted by Gasteiger charge is 2.45. The fourth-order valence-corrected chi connectivity index (χ4v) is 4.30. The summed E-state index contributed by atoms with van der Waals surface area (Å²) >= 11 is 1.56. The van der Waals surface area contributed by atoms with Crippen LogP contribution in [0.25, 0.3) is 0 Å². The van der Waals surface area contributed by atoms with E-state index >= 15 is 0 Å². The van der Waals surface area contributed by atoms with Crippen LogP contribution in [0.15, 0.2) is 66.2 Å². The van der Waals surface area contributed by atoms with Crippen molar-refractivity contribution in [1.82, 2.24) is 4.98 Å². The van der Waals surface area contributed by atoms with Gasteiger partial charge in [0.2, 0.25) is 11.8 Å². The quantitative estimate of drug-likeness (QED) is 0.742. The van der Waals surface area contributed by atoms with Crippen LogP contribution < -0.4 is 10.2 Å². The fourth-order valence-electron chi connectivity index (χ4n) is 3.42. The topological polar surface area (TPSA) is 62.3 Å². The molecule has 2 amide bonds. The lowest BCUT2D eigenvalue weighted by atomic mass is 9.97. The van der Waals surface area contributed by atoms with Crippen molar-refractivity contribution >= 4 is 34.7 Å². The van der Waals surface area contributed by atoms with Crippen LogP contribution >= 0.6 is 11.3 Å². The Morgan fingerprint density at radius 2 is 1.96 bits per heavy atom. The number of hydrogen-bond acceptors (Lipinski definition) is 4. The molecule has 0 radical (unpaired) electrons. The van der Waals surface area contributed by atoms with Crippen molar-refractivity contribution in [2.24, 2.45) is 5.92 Å². The Bertz CT molecular complexity index is 939. The molecule has 0 unspecified atom stereocenters. The van der Waals surface area contributed by atoms with E-state index in [9.17, 15) is 9.59 Å². The number of rotatable bonds is 4. The van der Waals surface area contributed by atoms with Crippen LogP contribution in [0.2, 0.25) is 0 Å². The summed E-state index contributed by atoms with van der Waals surface area (Å²) in [7, 11) is 0. The van der Waals surface area contributed by atoms with Gasteiger partial charge in [-0.25, -0.2) is 4.98 Å². The van der Waals surface area contributed by atoms with Crippen molar-refractivity contribution < 1.29 is 9.59 Å². The van der Waals surface area contributed by atoms with Gasteiger partial charge in [-0.05, 0) is 42.6 Å². The number of thiophene rings is 1. The van der Waals surface area contributed by atoms with Crippen LogP contribution in [-0.2, 0) is 9.59 Å². The minimum Gasteiger partial charge on any atom is -0.310 e. The van der Waals surface area contributed by atoms with E-state index < -0.39 is 5.92 Å². The molecule has 4 rings (SSSR count). The van der Waals surface area contributed by atoms with Gasteiger partial charge in [-0.1, -0.05) is 29.8 Å². The molecule has 0 saturated carbocycles. The van der Waals surface area contributed by atoms with Gasteiger partial charge in [0.1, 0.15) is 5.82 Å². The zero-order valence-electron chi connectivity index (χ0n) is 14.8. The van der Waals surface area contributed by atoms with E-state index in [2.05, 4.69) is 10.3 Å². The molecule has 0 spiro atoms. The molecule has 27 heavy (non-hydrogen) atoms. The molecule has 1 aliphatic heterocycles. The maximum absolute atomic E-state index is 13.0. The van der Waals surface area contributed by atoms with Gasteiger partial charge in [-0.2, -0.15) is 0 Å². The molecule has 1 saturated heterocycles. The summed E-state index contributed by atoms with van der Waals surface area (Å²) in [6.07, 6.45) is 1.81. The van der Waals surface area contributed by atoms with Gasteiger partial charge in [-0.3, -0.25) is 9.59 Å². The Hall–Kier alpha value is -2.99. The molecule has 2 aromatic heterocycles. The van der Waals surface area contributed by atoms with Crippen LogP contribution in [0.4, 0.5) is 11.5 Å². The summed E-state index contributed by atoms with van der Waals surface area (Å²) in [5.41, 5.74) is 1.94. The largest absolute Gasteiger partial charge is 0.310 e. The lowest BCUT2D eigenvalue weighted by molar-refractivity contribution is -0.122. The number of hydrogen-bond donors (Lipinski definition) is 1. The van der Waals surface area contributed by atoms with Crippen molar-refractivity contribution in [3.63, 3.8) is 0 Å². The third kappa shape index (κ3) is 3.48. The SMILES string of the molecule is Cc1ccc(N2C(=O)C[C@H](C(=O)Nc3ccccn3)[C@@H]2c2cccs2)cc1. The molecule has 0 aliphatic carbocycles. The first-order valence-corrected chi connectivity index (χ1v) is 9.65. The first kappa shape index (κ1) is 17.4. The van der Waals surface area contributed by atoms with Gasteiger partial charge in [-0.15, -0.1) is 11.3 Å². The number of nitrogens with zero attached hydrogens (tertiary/aromatic N) is 2. The smallest absolute Gasteiger partial charge is 0.231 e.